The van der Waals surface area contributed by atoms with E-state index in [1.165, 1.54) is 28.2 Å². The number of hydrogen-bond acceptors (Lipinski definition) is 6. The number of rotatable bonds is 5. The lowest BCUT2D eigenvalue weighted by Gasteiger charge is -2.14. The molecule has 1 N–H and O–H groups in total. The maximum atomic E-state index is 13.2. The van der Waals surface area contributed by atoms with Gasteiger partial charge < -0.3 is 4.98 Å². The molecule has 5 aromatic rings. The predicted octanol–water partition coefficient (Wildman–Crippen LogP) is 5.03. The zero-order chi connectivity index (χ0) is 20.7. The van der Waals surface area contributed by atoms with Crippen molar-refractivity contribution in [1.82, 2.24) is 19.9 Å². The van der Waals surface area contributed by atoms with E-state index in [2.05, 4.69) is 25.9 Å². The van der Waals surface area contributed by atoms with Gasteiger partial charge in [0.25, 0.3) is 5.56 Å². The van der Waals surface area contributed by atoms with Gasteiger partial charge in [-0.1, -0.05) is 24.3 Å². The van der Waals surface area contributed by atoms with E-state index in [1.807, 2.05) is 31.3 Å². The topological polar surface area (TPSA) is 61.9 Å². The average molecular weight is 437 g/mol. The zero-order valence-corrected chi connectivity index (χ0v) is 17.7. The standard InChI is InChI=1S/C22H17FN4OS2/c1-27(12-20-25-15-4-2-3-5-17(15)29-20)11-19-24-16-10-18(30-21(16)22(28)26-19)13-6-8-14(23)9-7-13/h2-10H,11-12H2,1H3,(H,24,26,28). The van der Waals surface area contributed by atoms with Crippen LogP contribution < -0.4 is 5.56 Å². The second-order valence-electron chi connectivity index (χ2n) is 7.09. The molecule has 0 radical (unpaired) electrons. The van der Waals surface area contributed by atoms with E-state index in [1.54, 1.807) is 23.5 Å². The number of halogens is 1. The van der Waals surface area contributed by atoms with Crippen LogP contribution in [0.3, 0.4) is 0 Å². The number of hydrogen-bond donors (Lipinski definition) is 1. The first-order valence-electron chi connectivity index (χ1n) is 9.37. The quantitative estimate of drug-likeness (QED) is 0.420. The molecule has 3 aromatic heterocycles. The Hall–Kier alpha value is -2.94. The summed E-state index contributed by atoms with van der Waals surface area (Å²) in [6, 6.07) is 16.2. The Balaban J connectivity index is 1.38. The number of nitrogens with one attached hydrogen (secondary N) is 1. The molecule has 150 valence electrons. The van der Waals surface area contributed by atoms with Gasteiger partial charge in [-0.3, -0.25) is 9.69 Å². The summed E-state index contributed by atoms with van der Waals surface area (Å²) >= 11 is 3.04. The number of nitrogens with zero attached hydrogens (tertiary/aromatic N) is 3. The van der Waals surface area contributed by atoms with Crippen LogP contribution in [0.25, 0.3) is 30.9 Å². The van der Waals surface area contributed by atoms with Crippen molar-refractivity contribution in [3.05, 3.63) is 81.6 Å². The van der Waals surface area contributed by atoms with E-state index in [9.17, 15) is 9.18 Å². The van der Waals surface area contributed by atoms with Crippen LogP contribution >= 0.6 is 22.7 Å². The highest BCUT2D eigenvalue weighted by Gasteiger charge is 2.13. The Morgan fingerprint density at radius 1 is 1.00 bits per heavy atom. The van der Waals surface area contributed by atoms with Crippen LogP contribution in [-0.4, -0.2) is 26.9 Å². The second-order valence-corrected chi connectivity index (χ2v) is 9.26. The van der Waals surface area contributed by atoms with E-state index in [0.717, 1.165) is 21.0 Å². The summed E-state index contributed by atoms with van der Waals surface area (Å²) in [5, 5.41) is 1.02. The van der Waals surface area contributed by atoms with Crippen LogP contribution in [0.1, 0.15) is 10.8 Å². The van der Waals surface area contributed by atoms with Gasteiger partial charge in [-0.2, -0.15) is 0 Å². The summed E-state index contributed by atoms with van der Waals surface area (Å²) in [7, 11) is 1.98. The van der Waals surface area contributed by atoms with Gasteiger partial charge in [-0.05, 0) is 42.9 Å². The van der Waals surface area contributed by atoms with Crippen LogP contribution in [0.15, 0.2) is 59.4 Å². The lowest BCUT2D eigenvalue weighted by atomic mass is 10.2. The Morgan fingerprint density at radius 2 is 1.80 bits per heavy atom. The average Bonchev–Trinajstić information content (AvgIpc) is 3.32. The van der Waals surface area contributed by atoms with Gasteiger partial charge in [0.1, 0.15) is 21.3 Å². The summed E-state index contributed by atoms with van der Waals surface area (Å²) in [5.41, 5.74) is 2.38. The summed E-state index contributed by atoms with van der Waals surface area (Å²) < 4.78 is 14.9. The molecule has 0 saturated carbocycles. The Bertz CT molecular complexity index is 1370. The summed E-state index contributed by atoms with van der Waals surface area (Å²) in [6.45, 7) is 1.17. The molecule has 0 bridgehead atoms. The fourth-order valence-electron chi connectivity index (χ4n) is 3.35. The molecule has 0 fully saturated rings. The van der Waals surface area contributed by atoms with Crippen LogP contribution in [-0.2, 0) is 13.1 Å². The van der Waals surface area contributed by atoms with Gasteiger partial charge >= 0.3 is 0 Å². The highest BCUT2D eigenvalue weighted by molar-refractivity contribution is 7.22. The normalized spacial score (nSPS) is 11.7. The number of thiazole rings is 1. The van der Waals surface area contributed by atoms with Crippen LogP contribution in [0.5, 0.6) is 0 Å². The fraction of sp³-hybridized carbons (Fsp3) is 0.136. The van der Waals surface area contributed by atoms with Gasteiger partial charge in [0.15, 0.2) is 0 Å². The van der Waals surface area contributed by atoms with Crippen molar-refractivity contribution in [2.45, 2.75) is 13.1 Å². The van der Waals surface area contributed by atoms with Crippen LogP contribution in [0.4, 0.5) is 4.39 Å². The number of H-pyrrole nitrogens is 1. The third kappa shape index (κ3) is 3.77. The maximum Gasteiger partial charge on any atom is 0.268 e. The summed E-state index contributed by atoms with van der Waals surface area (Å²) in [4.78, 5) is 27.8. The monoisotopic (exact) mass is 436 g/mol. The highest BCUT2D eigenvalue weighted by atomic mass is 32.1. The minimum absolute atomic E-state index is 0.151. The molecule has 0 aliphatic carbocycles. The first-order valence-corrected chi connectivity index (χ1v) is 11.0. The van der Waals surface area contributed by atoms with Gasteiger partial charge in [0.05, 0.1) is 28.8 Å². The summed E-state index contributed by atoms with van der Waals surface area (Å²) in [5.74, 6) is 0.328. The number of benzene rings is 2. The first kappa shape index (κ1) is 19.0. The molecule has 0 aliphatic rings. The highest BCUT2D eigenvalue weighted by Crippen LogP contribution is 2.31. The molecule has 5 nitrogen and oxygen atoms in total. The lowest BCUT2D eigenvalue weighted by molar-refractivity contribution is 0.310. The molecule has 0 unspecified atom stereocenters. The molecule has 0 saturated heterocycles. The van der Waals surface area contributed by atoms with E-state index in [0.29, 0.717) is 29.1 Å². The Morgan fingerprint density at radius 3 is 2.60 bits per heavy atom. The van der Waals surface area contributed by atoms with E-state index >= 15 is 0 Å². The van der Waals surface area contributed by atoms with E-state index in [-0.39, 0.29) is 11.4 Å². The minimum Gasteiger partial charge on any atom is -0.308 e. The first-order chi connectivity index (χ1) is 14.5. The molecule has 0 amide bonds. The van der Waals surface area contributed by atoms with Crippen LogP contribution in [0.2, 0.25) is 0 Å². The SMILES string of the molecule is CN(Cc1nc2cc(-c3ccc(F)cc3)sc2c(=O)[nH]1)Cc1nc2ccccc2s1. The van der Waals surface area contributed by atoms with Gasteiger partial charge in [-0.25, -0.2) is 14.4 Å². The van der Waals surface area contributed by atoms with Crippen molar-refractivity contribution >= 4 is 43.1 Å². The zero-order valence-electron chi connectivity index (χ0n) is 16.1. The van der Waals surface area contributed by atoms with Crippen molar-refractivity contribution in [1.29, 1.82) is 0 Å². The predicted molar refractivity (Wildman–Crippen MR) is 120 cm³/mol. The summed E-state index contributed by atoms with van der Waals surface area (Å²) in [6.07, 6.45) is 0. The smallest absolute Gasteiger partial charge is 0.268 e. The molecule has 8 heteroatoms. The molecule has 0 spiro atoms. The van der Waals surface area contributed by atoms with Crippen molar-refractivity contribution in [3.8, 4) is 10.4 Å². The maximum absolute atomic E-state index is 13.2. The minimum atomic E-state index is -0.283. The van der Waals surface area contributed by atoms with Crippen LogP contribution in [0, 0.1) is 5.82 Å². The molecule has 30 heavy (non-hydrogen) atoms. The largest absolute Gasteiger partial charge is 0.308 e. The fourth-order valence-corrected chi connectivity index (χ4v) is 5.39. The molecule has 0 atom stereocenters. The molecular formula is C22H17FN4OS2. The van der Waals surface area contributed by atoms with E-state index in [4.69, 9.17) is 0 Å². The number of aromatic nitrogens is 3. The van der Waals surface area contributed by atoms with Crippen molar-refractivity contribution in [2.75, 3.05) is 7.05 Å². The van der Waals surface area contributed by atoms with Crippen molar-refractivity contribution in [3.63, 3.8) is 0 Å². The number of aromatic amines is 1. The van der Waals surface area contributed by atoms with Gasteiger partial charge in [0, 0.05) is 4.88 Å². The Kier molecular flexibility index (Phi) is 4.90. The Labute approximate surface area is 179 Å². The van der Waals surface area contributed by atoms with Gasteiger partial charge in [-0.15, -0.1) is 22.7 Å². The van der Waals surface area contributed by atoms with Crippen molar-refractivity contribution < 1.29 is 4.39 Å². The third-order valence-corrected chi connectivity index (χ3v) is 6.92. The molecule has 5 rings (SSSR count). The second kappa shape index (κ2) is 7.71. The number of para-hydroxylation sites is 1. The van der Waals surface area contributed by atoms with Crippen molar-refractivity contribution in [2.24, 2.45) is 0 Å². The molecule has 3 heterocycles. The molecule has 0 aliphatic heterocycles. The number of thiophene rings is 1. The van der Waals surface area contributed by atoms with Gasteiger partial charge in [0.2, 0.25) is 0 Å². The van der Waals surface area contributed by atoms with E-state index < -0.39 is 0 Å². The molecule has 2 aromatic carbocycles. The lowest BCUT2D eigenvalue weighted by Crippen LogP contribution is -2.21. The third-order valence-electron chi connectivity index (χ3n) is 4.72. The number of fused-ring (bicyclic) bond motifs is 2. The molecular weight excluding hydrogens is 419 g/mol.